The maximum Gasteiger partial charge on any atom is 0.0150 e. The Bertz CT molecular complexity index is 168. The van der Waals surface area contributed by atoms with Gasteiger partial charge in [0.15, 0.2) is 0 Å². The van der Waals surface area contributed by atoms with E-state index >= 15 is 0 Å². The molecule has 2 heteroatoms. The summed E-state index contributed by atoms with van der Waals surface area (Å²) in [5.41, 5.74) is 1.14. The number of thiocarbonyl (C=S) groups is 1. The third-order valence-electron chi connectivity index (χ3n) is 1.16. The highest BCUT2D eigenvalue weighted by Gasteiger charge is 1.85. The maximum atomic E-state index is 4.95. The standard InChI is InChI=1S/C8H13NS/c1-7(8(2)10)5-4-6-9-3/h4-6,9H,1-3H3/b6-4+,7-5-. The lowest BCUT2D eigenvalue weighted by Gasteiger charge is -1.91. The summed E-state index contributed by atoms with van der Waals surface area (Å²) in [6, 6.07) is 0. The molecule has 0 aliphatic heterocycles. The zero-order chi connectivity index (χ0) is 7.98. The minimum atomic E-state index is 0.945. The predicted octanol–water partition coefficient (Wildman–Crippen LogP) is 2.06. The highest BCUT2D eigenvalue weighted by molar-refractivity contribution is 7.80. The molecule has 0 aliphatic carbocycles. The Morgan fingerprint density at radius 3 is 2.40 bits per heavy atom. The summed E-state index contributed by atoms with van der Waals surface area (Å²) in [6.45, 7) is 3.93. The van der Waals surface area contributed by atoms with Crippen LogP contribution in [-0.2, 0) is 0 Å². The van der Waals surface area contributed by atoms with Crippen LogP contribution in [0, 0.1) is 0 Å². The van der Waals surface area contributed by atoms with Gasteiger partial charge in [0.2, 0.25) is 0 Å². The first kappa shape index (κ1) is 9.37. The zero-order valence-corrected chi connectivity index (χ0v) is 7.46. The largest absolute Gasteiger partial charge is 0.394 e. The van der Waals surface area contributed by atoms with E-state index in [4.69, 9.17) is 12.2 Å². The monoisotopic (exact) mass is 155 g/mol. The summed E-state index contributed by atoms with van der Waals surface area (Å²) in [4.78, 5) is 0.945. The molecule has 0 saturated heterocycles. The smallest absolute Gasteiger partial charge is 0.0150 e. The van der Waals surface area contributed by atoms with Gasteiger partial charge in [-0.2, -0.15) is 0 Å². The second-order valence-corrected chi connectivity index (χ2v) is 2.67. The van der Waals surface area contributed by atoms with Crippen molar-refractivity contribution in [3.63, 3.8) is 0 Å². The topological polar surface area (TPSA) is 12.0 Å². The van der Waals surface area contributed by atoms with Gasteiger partial charge in [-0.05, 0) is 31.7 Å². The Hall–Kier alpha value is -0.630. The second-order valence-electron chi connectivity index (χ2n) is 2.05. The van der Waals surface area contributed by atoms with Gasteiger partial charge >= 0.3 is 0 Å². The fraction of sp³-hybridized carbons (Fsp3) is 0.375. The molecule has 0 rings (SSSR count). The van der Waals surface area contributed by atoms with Crippen molar-refractivity contribution in [3.05, 3.63) is 23.9 Å². The molecular formula is C8H13NS. The minimum Gasteiger partial charge on any atom is -0.394 e. The van der Waals surface area contributed by atoms with Gasteiger partial charge in [-0.3, -0.25) is 0 Å². The molecular weight excluding hydrogens is 142 g/mol. The SMILES string of the molecule is CN/C=C/C=C(/C)C(C)=S. The van der Waals surface area contributed by atoms with Crippen molar-refractivity contribution >= 4 is 17.1 Å². The van der Waals surface area contributed by atoms with Crippen molar-refractivity contribution in [1.29, 1.82) is 0 Å². The predicted molar refractivity (Wildman–Crippen MR) is 50.2 cm³/mol. The van der Waals surface area contributed by atoms with Gasteiger partial charge in [0.1, 0.15) is 0 Å². The lowest BCUT2D eigenvalue weighted by molar-refractivity contribution is 1.10. The molecule has 0 saturated carbocycles. The number of hydrogen-bond acceptors (Lipinski definition) is 2. The van der Waals surface area contributed by atoms with Crippen molar-refractivity contribution in [2.75, 3.05) is 7.05 Å². The van der Waals surface area contributed by atoms with Gasteiger partial charge in [-0.15, -0.1) is 0 Å². The van der Waals surface area contributed by atoms with Crippen molar-refractivity contribution in [1.82, 2.24) is 5.32 Å². The Balaban J connectivity index is 3.92. The quantitative estimate of drug-likeness (QED) is 0.380. The molecule has 0 aromatic carbocycles. The first-order chi connectivity index (χ1) is 4.68. The maximum absolute atomic E-state index is 4.95. The van der Waals surface area contributed by atoms with Gasteiger partial charge in [0, 0.05) is 11.9 Å². The molecule has 0 amide bonds. The third-order valence-corrected chi connectivity index (χ3v) is 1.49. The summed E-state index contributed by atoms with van der Waals surface area (Å²) in [5, 5.41) is 2.89. The highest BCUT2D eigenvalue weighted by Crippen LogP contribution is 1.95. The molecule has 0 heterocycles. The average Bonchev–Trinajstić information content (AvgIpc) is 1.88. The molecule has 0 aromatic heterocycles. The van der Waals surface area contributed by atoms with Crippen LogP contribution in [0.5, 0.6) is 0 Å². The van der Waals surface area contributed by atoms with Gasteiger partial charge in [0.25, 0.3) is 0 Å². The van der Waals surface area contributed by atoms with E-state index in [2.05, 4.69) is 5.32 Å². The van der Waals surface area contributed by atoms with Crippen LogP contribution < -0.4 is 5.32 Å². The summed E-state index contributed by atoms with van der Waals surface area (Å²) in [7, 11) is 1.87. The Morgan fingerprint density at radius 2 is 2.00 bits per heavy atom. The van der Waals surface area contributed by atoms with E-state index in [9.17, 15) is 0 Å². The number of allylic oxidation sites excluding steroid dienone is 3. The molecule has 10 heavy (non-hydrogen) atoms. The molecule has 1 nitrogen and oxygen atoms in total. The van der Waals surface area contributed by atoms with Gasteiger partial charge in [-0.1, -0.05) is 18.3 Å². The lowest BCUT2D eigenvalue weighted by atomic mass is 10.2. The van der Waals surface area contributed by atoms with E-state index in [1.807, 2.05) is 39.2 Å². The van der Waals surface area contributed by atoms with Crippen molar-refractivity contribution in [3.8, 4) is 0 Å². The van der Waals surface area contributed by atoms with E-state index < -0.39 is 0 Å². The van der Waals surface area contributed by atoms with E-state index in [-0.39, 0.29) is 0 Å². The molecule has 0 aliphatic rings. The molecule has 0 fully saturated rings. The molecule has 0 spiro atoms. The average molecular weight is 155 g/mol. The van der Waals surface area contributed by atoms with Crippen LogP contribution in [0.3, 0.4) is 0 Å². The summed E-state index contributed by atoms with van der Waals surface area (Å²) in [5.74, 6) is 0. The molecule has 0 aromatic rings. The molecule has 1 N–H and O–H groups in total. The number of rotatable bonds is 3. The fourth-order valence-electron chi connectivity index (χ4n) is 0.406. The lowest BCUT2D eigenvalue weighted by Crippen LogP contribution is -1.91. The van der Waals surface area contributed by atoms with Crippen molar-refractivity contribution in [2.45, 2.75) is 13.8 Å². The summed E-state index contributed by atoms with van der Waals surface area (Å²) >= 11 is 4.95. The number of nitrogens with one attached hydrogen (secondary N) is 1. The van der Waals surface area contributed by atoms with Crippen LogP contribution in [0.1, 0.15) is 13.8 Å². The molecule has 0 bridgehead atoms. The molecule has 0 radical (unpaired) electrons. The normalized spacial score (nSPS) is 12.1. The van der Waals surface area contributed by atoms with Crippen LogP contribution in [0.15, 0.2) is 23.9 Å². The molecule has 0 unspecified atom stereocenters. The van der Waals surface area contributed by atoms with Gasteiger partial charge in [-0.25, -0.2) is 0 Å². The summed E-state index contributed by atoms with van der Waals surface area (Å²) in [6.07, 6.45) is 5.78. The summed E-state index contributed by atoms with van der Waals surface area (Å²) < 4.78 is 0. The molecule has 56 valence electrons. The fourth-order valence-corrected chi connectivity index (χ4v) is 0.474. The Kier molecular flexibility index (Phi) is 4.85. The van der Waals surface area contributed by atoms with Gasteiger partial charge in [0.05, 0.1) is 0 Å². The molecule has 0 atom stereocenters. The zero-order valence-electron chi connectivity index (χ0n) is 6.64. The van der Waals surface area contributed by atoms with E-state index in [0.29, 0.717) is 0 Å². The van der Waals surface area contributed by atoms with Gasteiger partial charge < -0.3 is 5.32 Å². The minimum absolute atomic E-state index is 0.945. The van der Waals surface area contributed by atoms with Crippen molar-refractivity contribution in [2.24, 2.45) is 0 Å². The Morgan fingerprint density at radius 1 is 1.40 bits per heavy atom. The van der Waals surface area contributed by atoms with E-state index in [0.717, 1.165) is 10.4 Å². The number of hydrogen-bond donors (Lipinski definition) is 1. The first-order valence-electron chi connectivity index (χ1n) is 3.20. The third kappa shape index (κ3) is 4.27. The highest BCUT2D eigenvalue weighted by atomic mass is 32.1. The van der Waals surface area contributed by atoms with Crippen LogP contribution in [0.25, 0.3) is 0 Å². The van der Waals surface area contributed by atoms with Crippen molar-refractivity contribution < 1.29 is 0 Å². The Labute approximate surface area is 67.8 Å². The van der Waals surface area contributed by atoms with Crippen LogP contribution in [0.2, 0.25) is 0 Å². The van der Waals surface area contributed by atoms with E-state index in [1.54, 1.807) is 0 Å². The van der Waals surface area contributed by atoms with Crippen LogP contribution in [0.4, 0.5) is 0 Å². The van der Waals surface area contributed by atoms with Crippen LogP contribution in [-0.4, -0.2) is 11.9 Å². The van der Waals surface area contributed by atoms with Crippen LogP contribution >= 0.6 is 12.2 Å². The van der Waals surface area contributed by atoms with E-state index in [1.165, 1.54) is 0 Å². The first-order valence-corrected chi connectivity index (χ1v) is 3.61. The second kappa shape index (κ2) is 5.18.